The van der Waals surface area contributed by atoms with Crippen LogP contribution < -0.4 is 19.3 Å². The first-order valence-electron chi connectivity index (χ1n) is 19.5. The molecule has 4 atom stereocenters. The Kier molecular flexibility index (Phi) is 12.4. The highest BCUT2D eigenvalue weighted by atomic mass is 32.1. The molecule has 0 bridgehead atoms. The molecular weight excluding hydrogens is 773 g/mol. The van der Waals surface area contributed by atoms with Crippen molar-refractivity contribution in [2.75, 3.05) is 76.4 Å². The maximum Gasteiger partial charge on any atom is 0.338 e. The van der Waals surface area contributed by atoms with E-state index in [1.807, 2.05) is 39.8 Å². The number of hydrogen-bond acceptors (Lipinski definition) is 17. The van der Waals surface area contributed by atoms with E-state index in [2.05, 4.69) is 19.6 Å². The number of carbonyl (C=O) groups excluding carboxylic acids is 3. The van der Waals surface area contributed by atoms with Gasteiger partial charge in [-0.2, -0.15) is 0 Å². The number of thiazole rings is 2. The summed E-state index contributed by atoms with van der Waals surface area (Å²) < 4.78 is 28.9. The Morgan fingerprint density at radius 1 is 0.702 bits per heavy atom. The highest BCUT2D eigenvalue weighted by molar-refractivity contribution is 7.22. The van der Waals surface area contributed by atoms with Gasteiger partial charge in [-0.3, -0.25) is 14.6 Å². The van der Waals surface area contributed by atoms with E-state index < -0.39 is 5.97 Å². The van der Waals surface area contributed by atoms with Crippen LogP contribution in [-0.4, -0.2) is 146 Å². The Hall–Kier alpha value is -4.29. The van der Waals surface area contributed by atoms with Crippen LogP contribution in [0.2, 0.25) is 0 Å². The van der Waals surface area contributed by atoms with E-state index in [9.17, 15) is 19.5 Å². The van der Waals surface area contributed by atoms with Crippen LogP contribution in [0.15, 0.2) is 24.3 Å². The van der Waals surface area contributed by atoms with Crippen molar-refractivity contribution in [3.8, 4) is 11.5 Å². The molecule has 4 aromatic rings. The average molecular weight is 825 g/mol. The number of carbonyl (C=O) groups is 3. The van der Waals surface area contributed by atoms with Crippen molar-refractivity contribution in [3.63, 3.8) is 0 Å². The Balaban J connectivity index is 0.000000175. The van der Waals surface area contributed by atoms with Crippen LogP contribution in [-0.2, 0) is 19.0 Å². The van der Waals surface area contributed by atoms with E-state index in [4.69, 9.17) is 33.7 Å². The fourth-order valence-corrected chi connectivity index (χ4v) is 10.2. The SMILES string of the molecule is COC(=O)c1cc(OC(C)C)c2nc(N3CCN4C[C@H](O)C[C@@H]4C3)sc2c1.COC(=O)c1cc(OC(C)C)c2nc(N3CCN4C[C@H](OC(C)=O)C[C@@H]4C3)sc2c1. The van der Waals surface area contributed by atoms with E-state index in [1.165, 1.54) is 21.1 Å². The van der Waals surface area contributed by atoms with Gasteiger partial charge < -0.3 is 38.6 Å². The molecule has 0 spiro atoms. The fourth-order valence-electron chi connectivity index (χ4n) is 8.08. The molecule has 4 saturated heterocycles. The lowest BCUT2D eigenvalue weighted by molar-refractivity contribution is -0.145. The van der Waals surface area contributed by atoms with Crippen LogP contribution in [0, 0.1) is 0 Å². The first-order valence-corrected chi connectivity index (χ1v) is 21.1. The molecule has 0 saturated carbocycles. The second-order valence-electron chi connectivity index (χ2n) is 15.5. The lowest BCUT2D eigenvalue weighted by Crippen LogP contribution is -2.50. The molecule has 17 heteroatoms. The number of esters is 3. The fraction of sp³-hybridized carbons (Fsp3) is 0.575. The minimum atomic E-state index is -0.392. The minimum Gasteiger partial charge on any atom is -0.489 e. The van der Waals surface area contributed by atoms with Crippen molar-refractivity contribution in [3.05, 3.63) is 35.4 Å². The molecule has 6 heterocycles. The molecule has 57 heavy (non-hydrogen) atoms. The molecular formula is C40H52N6O9S2. The van der Waals surface area contributed by atoms with Gasteiger partial charge in [0, 0.05) is 77.8 Å². The molecule has 0 aliphatic carbocycles. The van der Waals surface area contributed by atoms with E-state index >= 15 is 0 Å². The smallest absolute Gasteiger partial charge is 0.338 e. The van der Waals surface area contributed by atoms with Crippen LogP contribution in [0.1, 0.15) is 68.2 Å². The largest absolute Gasteiger partial charge is 0.489 e. The van der Waals surface area contributed by atoms with Gasteiger partial charge in [0.1, 0.15) is 28.6 Å². The first-order chi connectivity index (χ1) is 27.3. The summed E-state index contributed by atoms with van der Waals surface area (Å²) in [5.74, 6) is 0.215. The molecule has 4 aliphatic heterocycles. The van der Waals surface area contributed by atoms with Gasteiger partial charge in [0.25, 0.3) is 0 Å². The van der Waals surface area contributed by atoms with Crippen LogP contribution >= 0.6 is 22.7 Å². The summed E-state index contributed by atoms with van der Waals surface area (Å²) in [5, 5.41) is 11.8. The number of ether oxygens (including phenoxy) is 5. The maximum absolute atomic E-state index is 12.1. The summed E-state index contributed by atoms with van der Waals surface area (Å²) in [4.78, 5) is 54.4. The van der Waals surface area contributed by atoms with E-state index in [0.717, 1.165) is 95.9 Å². The zero-order valence-electron chi connectivity index (χ0n) is 33.6. The zero-order valence-corrected chi connectivity index (χ0v) is 35.2. The highest BCUT2D eigenvalue weighted by Gasteiger charge is 2.39. The van der Waals surface area contributed by atoms with Crippen molar-refractivity contribution in [1.29, 1.82) is 0 Å². The number of aliphatic hydroxyl groups is 1. The predicted octanol–water partition coefficient (Wildman–Crippen LogP) is 4.82. The van der Waals surface area contributed by atoms with Gasteiger partial charge in [-0.15, -0.1) is 0 Å². The van der Waals surface area contributed by atoms with E-state index in [-0.39, 0.29) is 36.4 Å². The molecule has 2 aromatic heterocycles. The molecule has 8 rings (SSSR count). The molecule has 1 N–H and O–H groups in total. The number of benzene rings is 2. The lowest BCUT2D eigenvalue weighted by Gasteiger charge is -2.37. The van der Waals surface area contributed by atoms with Crippen molar-refractivity contribution in [1.82, 2.24) is 19.8 Å². The number of aromatic nitrogens is 2. The zero-order chi connectivity index (χ0) is 40.5. The number of anilines is 2. The summed E-state index contributed by atoms with van der Waals surface area (Å²) in [5.41, 5.74) is 2.48. The van der Waals surface area contributed by atoms with Gasteiger partial charge in [0.05, 0.1) is 53.1 Å². The minimum absolute atomic E-state index is 0.0187. The third-order valence-electron chi connectivity index (χ3n) is 10.5. The second-order valence-corrected chi connectivity index (χ2v) is 17.5. The standard InChI is InChI=1S/C21H27N3O5S.C19H25N3O4S/c1-12(2)28-17-7-14(20(26)27-4)8-18-19(17)22-21(30-18)24-6-5-23-11-16(29-13(3)25)9-15(23)10-24;1-11(2)26-15-6-12(18(24)25-3)7-16-17(15)20-19(27-16)22-5-4-21-10-14(23)8-13(21)9-22/h7-8,12,15-16H,5-6,9-11H2,1-4H3;6-7,11,13-14,23H,4-5,8-10H2,1-3H3/t15-,16-;13-,14-/m11/s1. The molecule has 15 nitrogen and oxygen atoms in total. The topological polar surface area (TPSA) is 156 Å². The second kappa shape index (κ2) is 17.3. The van der Waals surface area contributed by atoms with Crippen LogP contribution in [0.25, 0.3) is 20.4 Å². The highest BCUT2D eigenvalue weighted by Crippen LogP contribution is 2.39. The molecule has 0 unspecified atom stereocenters. The lowest BCUT2D eigenvalue weighted by atomic mass is 10.1. The van der Waals surface area contributed by atoms with Crippen LogP contribution in [0.5, 0.6) is 11.5 Å². The van der Waals surface area contributed by atoms with E-state index in [0.29, 0.717) is 34.7 Å². The number of piperazine rings is 2. The quantitative estimate of drug-likeness (QED) is 0.181. The number of methoxy groups -OCH3 is 2. The van der Waals surface area contributed by atoms with Crippen LogP contribution in [0.3, 0.4) is 0 Å². The normalized spacial score (nSPS) is 22.4. The Labute approximate surface area is 340 Å². The number of rotatable bonds is 9. The summed E-state index contributed by atoms with van der Waals surface area (Å²) in [6.07, 6.45) is 1.35. The average Bonchev–Trinajstić information content (AvgIpc) is 3.96. The number of nitrogens with zero attached hydrogens (tertiary/aromatic N) is 6. The Morgan fingerprint density at radius 2 is 1.18 bits per heavy atom. The Bertz CT molecular complexity index is 2110. The van der Waals surface area contributed by atoms with Crippen molar-refractivity contribution in [2.45, 2.75) is 84.0 Å². The monoisotopic (exact) mass is 824 g/mol. The summed E-state index contributed by atoms with van der Waals surface area (Å²) in [7, 11) is 2.75. The summed E-state index contributed by atoms with van der Waals surface area (Å²) >= 11 is 3.12. The number of fused-ring (bicyclic) bond motifs is 4. The van der Waals surface area contributed by atoms with Gasteiger partial charge >= 0.3 is 17.9 Å². The van der Waals surface area contributed by atoms with Gasteiger partial charge in [-0.1, -0.05) is 22.7 Å². The molecule has 0 radical (unpaired) electrons. The summed E-state index contributed by atoms with van der Waals surface area (Å²) in [6, 6.07) is 7.77. The van der Waals surface area contributed by atoms with Crippen molar-refractivity contribution in [2.24, 2.45) is 0 Å². The van der Waals surface area contributed by atoms with Gasteiger partial charge in [-0.25, -0.2) is 19.6 Å². The van der Waals surface area contributed by atoms with E-state index in [1.54, 1.807) is 34.8 Å². The van der Waals surface area contributed by atoms with Gasteiger partial charge in [0.2, 0.25) is 0 Å². The van der Waals surface area contributed by atoms with Gasteiger partial charge in [-0.05, 0) is 58.4 Å². The van der Waals surface area contributed by atoms with Crippen molar-refractivity contribution >= 4 is 71.3 Å². The predicted molar refractivity (Wildman–Crippen MR) is 219 cm³/mol. The summed E-state index contributed by atoms with van der Waals surface area (Å²) in [6.45, 7) is 16.1. The van der Waals surface area contributed by atoms with Crippen molar-refractivity contribution < 1.29 is 43.2 Å². The molecule has 2 aromatic carbocycles. The van der Waals surface area contributed by atoms with Crippen LogP contribution in [0.4, 0.5) is 10.3 Å². The van der Waals surface area contributed by atoms with Gasteiger partial charge in [0.15, 0.2) is 10.3 Å². The number of aliphatic hydroxyl groups excluding tert-OH is 1. The molecule has 4 fully saturated rings. The Morgan fingerprint density at radius 3 is 1.63 bits per heavy atom. The third kappa shape index (κ3) is 9.22. The molecule has 4 aliphatic rings. The molecule has 0 amide bonds. The first kappa shape index (κ1) is 40.9. The number of hydrogen-bond donors (Lipinski definition) is 1. The third-order valence-corrected chi connectivity index (χ3v) is 12.6. The molecule has 308 valence electrons. The maximum atomic E-state index is 12.1.